The SMILES string of the molecule is Cc1cc(C)c(C(N)c2cc3cccc(Br)c3o2)cc1C. The van der Waals surface area contributed by atoms with Crippen LogP contribution in [0.1, 0.15) is 34.1 Å². The Kier molecular flexibility index (Phi) is 3.64. The minimum absolute atomic E-state index is 0.247. The average molecular weight is 344 g/mol. The third kappa shape index (κ3) is 2.52. The number of fused-ring (bicyclic) bond motifs is 1. The Balaban J connectivity index is 2.10. The number of aryl methyl sites for hydroxylation is 3. The fraction of sp³-hybridized carbons (Fsp3) is 0.222. The van der Waals surface area contributed by atoms with Crippen molar-refractivity contribution in [2.75, 3.05) is 0 Å². The quantitative estimate of drug-likeness (QED) is 0.697. The maximum atomic E-state index is 6.44. The summed E-state index contributed by atoms with van der Waals surface area (Å²) < 4.78 is 6.92. The number of nitrogens with two attached hydrogens (primary N) is 1. The summed E-state index contributed by atoms with van der Waals surface area (Å²) in [5, 5.41) is 1.07. The zero-order valence-corrected chi connectivity index (χ0v) is 14.0. The lowest BCUT2D eigenvalue weighted by molar-refractivity contribution is 0.523. The summed E-state index contributed by atoms with van der Waals surface area (Å²) >= 11 is 3.52. The highest BCUT2D eigenvalue weighted by atomic mass is 79.9. The molecule has 0 saturated carbocycles. The summed E-state index contributed by atoms with van der Waals surface area (Å²) in [5.74, 6) is 0.795. The molecular formula is C18H18BrNO. The van der Waals surface area contributed by atoms with E-state index in [4.69, 9.17) is 10.2 Å². The molecule has 3 rings (SSSR count). The van der Waals surface area contributed by atoms with Crippen molar-refractivity contribution in [1.82, 2.24) is 0 Å². The van der Waals surface area contributed by atoms with Crippen molar-refractivity contribution in [3.63, 3.8) is 0 Å². The predicted octanol–water partition coefficient (Wildman–Crippen LogP) is 5.17. The molecule has 2 aromatic carbocycles. The molecule has 0 aliphatic carbocycles. The number of rotatable bonds is 2. The predicted molar refractivity (Wildman–Crippen MR) is 90.6 cm³/mol. The van der Waals surface area contributed by atoms with Crippen molar-refractivity contribution in [2.24, 2.45) is 5.73 Å². The Labute approximate surface area is 133 Å². The Morgan fingerprint density at radius 2 is 1.71 bits per heavy atom. The van der Waals surface area contributed by atoms with Gasteiger partial charge in [0.1, 0.15) is 11.3 Å². The van der Waals surface area contributed by atoms with Gasteiger partial charge in [0.25, 0.3) is 0 Å². The Morgan fingerprint density at radius 3 is 2.43 bits per heavy atom. The molecule has 2 nitrogen and oxygen atoms in total. The van der Waals surface area contributed by atoms with Crippen LogP contribution in [-0.4, -0.2) is 0 Å². The number of benzene rings is 2. The molecule has 108 valence electrons. The molecule has 1 atom stereocenters. The van der Waals surface area contributed by atoms with Crippen molar-refractivity contribution < 1.29 is 4.42 Å². The first kappa shape index (κ1) is 14.4. The summed E-state index contributed by atoms with van der Waals surface area (Å²) in [4.78, 5) is 0. The van der Waals surface area contributed by atoms with Gasteiger partial charge in [0, 0.05) is 5.39 Å². The largest absolute Gasteiger partial charge is 0.458 e. The monoisotopic (exact) mass is 343 g/mol. The van der Waals surface area contributed by atoms with Gasteiger partial charge in [-0.05, 0) is 71.1 Å². The lowest BCUT2D eigenvalue weighted by Crippen LogP contribution is -2.13. The lowest BCUT2D eigenvalue weighted by atomic mass is 9.95. The molecule has 0 spiro atoms. The van der Waals surface area contributed by atoms with Gasteiger partial charge >= 0.3 is 0 Å². The van der Waals surface area contributed by atoms with Crippen LogP contribution in [0.4, 0.5) is 0 Å². The van der Waals surface area contributed by atoms with E-state index in [0.29, 0.717) is 0 Å². The zero-order chi connectivity index (χ0) is 15.1. The molecule has 3 aromatic rings. The molecule has 0 aliphatic rings. The van der Waals surface area contributed by atoms with Crippen molar-refractivity contribution in [3.05, 3.63) is 68.9 Å². The number of hydrogen-bond donors (Lipinski definition) is 1. The van der Waals surface area contributed by atoms with Crippen LogP contribution >= 0.6 is 15.9 Å². The Morgan fingerprint density at radius 1 is 1.00 bits per heavy atom. The van der Waals surface area contributed by atoms with E-state index < -0.39 is 0 Å². The minimum atomic E-state index is -0.247. The third-order valence-electron chi connectivity index (χ3n) is 4.04. The molecule has 0 saturated heterocycles. The van der Waals surface area contributed by atoms with Gasteiger partial charge < -0.3 is 10.2 Å². The standard InChI is InChI=1S/C18H18BrNO/c1-10-7-12(3)14(8-11(10)2)17(20)16-9-13-5-4-6-15(19)18(13)21-16/h4-9,17H,20H2,1-3H3. The topological polar surface area (TPSA) is 39.2 Å². The summed E-state index contributed by atoms with van der Waals surface area (Å²) in [6.45, 7) is 6.33. The van der Waals surface area contributed by atoms with Gasteiger partial charge in [-0.2, -0.15) is 0 Å². The summed E-state index contributed by atoms with van der Waals surface area (Å²) in [5.41, 5.74) is 12.2. The third-order valence-corrected chi connectivity index (χ3v) is 4.66. The zero-order valence-electron chi connectivity index (χ0n) is 12.4. The van der Waals surface area contributed by atoms with E-state index >= 15 is 0 Å². The average Bonchev–Trinajstić information content (AvgIpc) is 2.87. The van der Waals surface area contributed by atoms with E-state index in [2.05, 4.69) is 48.8 Å². The Hall–Kier alpha value is -1.58. The first-order valence-corrected chi connectivity index (χ1v) is 7.78. The first-order chi connectivity index (χ1) is 9.97. The normalized spacial score (nSPS) is 12.8. The molecule has 0 fully saturated rings. The second-order valence-electron chi connectivity index (χ2n) is 5.58. The Bertz CT molecular complexity index is 819. The molecule has 2 N–H and O–H groups in total. The van der Waals surface area contributed by atoms with E-state index in [1.54, 1.807) is 0 Å². The highest BCUT2D eigenvalue weighted by Crippen LogP contribution is 2.32. The fourth-order valence-corrected chi connectivity index (χ4v) is 3.13. The van der Waals surface area contributed by atoms with Crippen LogP contribution < -0.4 is 5.73 Å². The molecule has 3 heteroatoms. The summed E-state index contributed by atoms with van der Waals surface area (Å²) in [6.07, 6.45) is 0. The van der Waals surface area contributed by atoms with Crippen LogP contribution in [0.5, 0.6) is 0 Å². The summed E-state index contributed by atoms with van der Waals surface area (Å²) in [7, 11) is 0. The van der Waals surface area contributed by atoms with Gasteiger partial charge in [-0.15, -0.1) is 0 Å². The van der Waals surface area contributed by atoms with E-state index in [1.165, 1.54) is 16.7 Å². The highest BCUT2D eigenvalue weighted by molar-refractivity contribution is 9.10. The second kappa shape index (κ2) is 5.32. The molecule has 0 bridgehead atoms. The first-order valence-electron chi connectivity index (χ1n) is 6.98. The van der Waals surface area contributed by atoms with Crippen molar-refractivity contribution in [2.45, 2.75) is 26.8 Å². The molecule has 1 aromatic heterocycles. The molecule has 0 aliphatic heterocycles. The van der Waals surface area contributed by atoms with Crippen LogP contribution in [0.25, 0.3) is 11.0 Å². The molecule has 21 heavy (non-hydrogen) atoms. The van der Waals surface area contributed by atoms with Gasteiger partial charge in [0.2, 0.25) is 0 Å². The molecule has 0 amide bonds. The maximum Gasteiger partial charge on any atom is 0.148 e. The van der Waals surface area contributed by atoms with Crippen molar-refractivity contribution in [1.29, 1.82) is 0 Å². The van der Waals surface area contributed by atoms with Gasteiger partial charge in [0.15, 0.2) is 0 Å². The molecule has 0 radical (unpaired) electrons. The van der Waals surface area contributed by atoms with Crippen molar-refractivity contribution in [3.8, 4) is 0 Å². The van der Waals surface area contributed by atoms with Crippen LogP contribution in [-0.2, 0) is 0 Å². The number of halogens is 1. The highest BCUT2D eigenvalue weighted by Gasteiger charge is 2.17. The molecular weight excluding hydrogens is 326 g/mol. The van der Waals surface area contributed by atoms with Gasteiger partial charge in [0.05, 0.1) is 10.5 Å². The van der Waals surface area contributed by atoms with Crippen LogP contribution in [0.2, 0.25) is 0 Å². The van der Waals surface area contributed by atoms with Crippen LogP contribution in [0.3, 0.4) is 0 Å². The minimum Gasteiger partial charge on any atom is -0.458 e. The van der Waals surface area contributed by atoms with Gasteiger partial charge in [-0.25, -0.2) is 0 Å². The smallest absolute Gasteiger partial charge is 0.148 e. The summed E-state index contributed by atoms with van der Waals surface area (Å²) in [6, 6.07) is 12.1. The van der Waals surface area contributed by atoms with Gasteiger partial charge in [-0.3, -0.25) is 0 Å². The van der Waals surface area contributed by atoms with E-state index in [1.807, 2.05) is 24.3 Å². The van der Waals surface area contributed by atoms with Crippen LogP contribution in [0, 0.1) is 20.8 Å². The van der Waals surface area contributed by atoms with E-state index in [9.17, 15) is 0 Å². The lowest BCUT2D eigenvalue weighted by Gasteiger charge is -2.15. The van der Waals surface area contributed by atoms with Crippen LogP contribution in [0.15, 0.2) is 45.3 Å². The molecule has 1 heterocycles. The fourth-order valence-electron chi connectivity index (χ4n) is 2.67. The van der Waals surface area contributed by atoms with E-state index in [0.717, 1.165) is 26.8 Å². The van der Waals surface area contributed by atoms with Crippen molar-refractivity contribution >= 4 is 26.9 Å². The second-order valence-corrected chi connectivity index (χ2v) is 6.43. The maximum absolute atomic E-state index is 6.44. The number of para-hydroxylation sites is 1. The number of hydrogen-bond acceptors (Lipinski definition) is 2. The molecule has 1 unspecified atom stereocenters. The van der Waals surface area contributed by atoms with E-state index in [-0.39, 0.29) is 6.04 Å². The number of furan rings is 1. The van der Waals surface area contributed by atoms with Gasteiger partial charge in [-0.1, -0.05) is 24.3 Å².